The van der Waals surface area contributed by atoms with Gasteiger partial charge in [-0.3, -0.25) is 0 Å². The summed E-state index contributed by atoms with van der Waals surface area (Å²) in [6.07, 6.45) is 3.52. The minimum Gasteiger partial charge on any atom is -0.477 e. The molecule has 5 heterocycles. The van der Waals surface area contributed by atoms with Crippen molar-refractivity contribution in [1.82, 2.24) is 29.4 Å². The molecule has 0 bridgehead atoms. The number of nitrogens with zero attached hydrogens (tertiary/aromatic N) is 6. The normalized spacial score (nSPS) is 21.5. The molecule has 0 saturated carbocycles. The fraction of sp³-hybridized carbons (Fsp3) is 0.545. The topological polar surface area (TPSA) is 69.0 Å². The maximum absolute atomic E-state index is 13.9. The van der Waals surface area contributed by atoms with Crippen LogP contribution in [0.2, 0.25) is 5.28 Å². The average Bonchev–Trinajstić information content (AvgIpc) is 3.39. The van der Waals surface area contributed by atoms with Gasteiger partial charge in [-0.2, -0.15) is 18.2 Å². The van der Waals surface area contributed by atoms with Crippen molar-refractivity contribution in [3.63, 3.8) is 0 Å². The van der Waals surface area contributed by atoms with E-state index < -0.39 is 17.6 Å². The van der Waals surface area contributed by atoms with E-state index in [9.17, 15) is 13.2 Å². The average molecular weight is 481 g/mol. The van der Waals surface area contributed by atoms with Crippen LogP contribution in [-0.2, 0) is 13.2 Å². The highest BCUT2D eigenvalue weighted by atomic mass is 35.5. The molecule has 0 amide bonds. The highest BCUT2D eigenvalue weighted by Crippen LogP contribution is 2.38. The molecule has 33 heavy (non-hydrogen) atoms. The van der Waals surface area contributed by atoms with Crippen molar-refractivity contribution in [3.05, 3.63) is 29.4 Å². The van der Waals surface area contributed by atoms with Gasteiger partial charge in [-0.05, 0) is 68.8 Å². The Bertz CT molecular complexity index is 1170. The molecule has 2 aliphatic heterocycles. The second-order valence-corrected chi connectivity index (χ2v) is 9.14. The molecule has 2 unspecified atom stereocenters. The van der Waals surface area contributed by atoms with E-state index >= 15 is 0 Å². The van der Waals surface area contributed by atoms with Crippen LogP contribution in [0.3, 0.4) is 0 Å². The Kier molecular flexibility index (Phi) is 5.90. The molecular weight excluding hydrogens is 457 g/mol. The zero-order valence-electron chi connectivity index (χ0n) is 18.1. The lowest BCUT2D eigenvalue weighted by atomic mass is 9.89. The fourth-order valence-corrected chi connectivity index (χ4v) is 5.14. The zero-order chi connectivity index (χ0) is 23.2. The van der Waals surface area contributed by atoms with Gasteiger partial charge in [0.1, 0.15) is 16.8 Å². The Hall–Kier alpha value is -2.46. The number of imidazole rings is 1. The first-order chi connectivity index (χ1) is 15.8. The molecule has 2 aliphatic rings. The van der Waals surface area contributed by atoms with E-state index in [2.05, 4.69) is 24.8 Å². The monoisotopic (exact) mass is 480 g/mol. The molecule has 5 rings (SSSR count). The predicted molar refractivity (Wildman–Crippen MR) is 117 cm³/mol. The summed E-state index contributed by atoms with van der Waals surface area (Å²) < 4.78 is 48.8. The van der Waals surface area contributed by atoms with Crippen LogP contribution in [0.15, 0.2) is 18.6 Å². The number of hydrogen-bond acceptors (Lipinski definition) is 6. The van der Waals surface area contributed by atoms with E-state index in [4.69, 9.17) is 16.3 Å². The molecule has 11 heteroatoms. The fourth-order valence-electron chi connectivity index (χ4n) is 4.97. The first-order valence-corrected chi connectivity index (χ1v) is 11.5. The van der Waals surface area contributed by atoms with Gasteiger partial charge in [0.15, 0.2) is 5.65 Å². The van der Waals surface area contributed by atoms with Crippen molar-refractivity contribution in [2.24, 2.45) is 13.0 Å². The largest absolute Gasteiger partial charge is 0.477 e. The van der Waals surface area contributed by atoms with Crippen molar-refractivity contribution >= 4 is 22.8 Å². The van der Waals surface area contributed by atoms with Crippen LogP contribution in [0.5, 0.6) is 5.88 Å². The molecular formula is C22H24ClF3N6O. The lowest BCUT2D eigenvalue weighted by molar-refractivity contribution is -0.139. The minimum atomic E-state index is -4.63. The SMILES string of the molecule is Cn1cnc2c(-c3cnc(OCCC4CCN5CCCC5C4)c(C(F)(F)F)c3)nc(Cl)nc21. The van der Waals surface area contributed by atoms with E-state index in [0.717, 1.165) is 31.9 Å². The quantitative estimate of drug-likeness (QED) is 0.491. The molecule has 7 nitrogen and oxygen atoms in total. The van der Waals surface area contributed by atoms with E-state index in [1.165, 1.54) is 31.9 Å². The van der Waals surface area contributed by atoms with Gasteiger partial charge in [0.25, 0.3) is 0 Å². The van der Waals surface area contributed by atoms with Crippen LogP contribution in [0.1, 0.15) is 37.7 Å². The van der Waals surface area contributed by atoms with Crippen LogP contribution in [0, 0.1) is 5.92 Å². The standard InChI is InChI=1S/C22H24ClF3N6O/c1-31-12-28-18-17(29-21(23)30-19(18)31)14-10-16(22(24,25)26)20(27-11-14)33-8-5-13-4-7-32-6-2-3-15(32)9-13/h10-13,15H,2-9H2,1H3. The summed E-state index contributed by atoms with van der Waals surface area (Å²) in [5.41, 5.74) is 0.176. The number of hydrogen-bond donors (Lipinski definition) is 0. The predicted octanol–water partition coefficient (Wildman–Crippen LogP) is 4.74. The third kappa shape index (κ3) is 4.50. The first-order valence-electron chi connectivity index (χ1n) is 11.1. The van der Waals surface area contributed by atoms with E-state index in [1.54, 1.807) is 11.6 Å². The van der Waals surface area contributed by atoms with Gasteiger partial charge in [0, 0.05) is 24.8 Å². The summed E-state index contributed by atoms with van der Waals surface area (Å²) >= 11 is 6.01. The third-order valence-corrected chi connectivity index (χ3v) is 6.83. The third-order valence-electron chi connectivity index (χ3n) is 6.66. The number of pyridine rings is 1. The van der Waals surface area contributed by atoms with E-state index in [1.807, 2.05) is 0 Å². The smallest absolute Gasteiger partial charge is 0.421 e. The Labute approximate surface area is 194 Å². The number of halogens is 4. The molecule has 0 aromatic carbocycles. The molecule has 3 aromatic heterocycles. The summed E-state index contributed by atoms with van der Waals surface area (Å²) in [6, 6.07) is 1.61. The molecule has 0 aliphatic carbocycles. The van der Waals surface area contributed by atoms with Crippen molar-refractivity contribution in [2.45, 2.75) is 44.3 Å². The molecule has 0 N–H and O–H groups in total. The Morgan fingerprint density at radius 3 is 2.85 bits per heavy atom. The first kappa shape index (κ1) is 22.3. The molecule has 0 spiro atoms. The Morgan fingerprint density at radius 1 is 1.18 bits per heavy atom. The summed E-state index contributed by atoms with van der Waals surface area (Å²) in [5.74, 6) is 0.0560. The van der Waals surface area contributed by atoms with E-state index in [0.29, 0.717) is 23.1 Å². The van der Waals surface area contributed by atoms with Crippen LogP contribution in [-0.4, -0.2) is 55.1 Å². The Morgan fingerprint density at radius 2 is 2.03 bits per heavy atom. The molecule has 3 aromatic rings. The number of piperidine rings is 1. The second kappa shape index (κ2) is 8.72. The minimum absolute atomic E-state index is 0.0803. The summed E-state index contributed by atoms with van der Waals surface area (Å²) in [4.78, 5) is 19.0. The van der Waals surface area contributed by atoms with Crippen LogP contribution < -0.4 is 4.74 Å². The van der Waals surface area contributed by atoms with Crippen LogP contribution in [0.4, 0.5) is 13.2 Å². The molecule has 0 radical (unpaired) electrons. The van der Waals surface area contributed by atoms with Crippen molar-refractivity contribution in [1.29, 1.82) is 0 Å². The maximum Gasteiger partial charge on any atom is 0.421 e. The highest BCUT2D eigenvalue weighted by Gasteiger charge is 2.37. The van der Waals surface area contributed by atoms with Gasteiger partial charge in [0.2, 0.25) is 11.2 Å². The van der Waals surface area contributed by atoms with Gasteiger partial charge in [0.05, 0.1) is 12.9 Å². The van der Waals surface area contributed by atoms with Crippen molar-refractivity contribution < 1.29 is 17.9 Å². The van der Waals surface area contributed by atoms with Crippen LogP contribution >= 0.6 is 11.6 Å². The zero-order valence-corrected chi connectivity index (χ0v) is 18.9. The Balaban J connectivity index is 1.36. The molecule has 2 saturated heterocycles. The number of aryl methyl sites for hydroxylation is 1. The summed E-state index contributed by atoms with van der Waals surface area (Å²) in [6.45, 7) is 2.44. The number of rotatable bonds is 5. The van der Waals surface area contributed by atoms with Gasteiger partial charge < -0.3 is 14.2 Å². The highest BCUT2D eigenvalue weighted by molar-refractivity contribution is 6.28. The van der Waals surface area contributed by atoms with Crippen molar-refractivity contribution in [3.8, 4) is 17.1 Å². The van der Waals surface area contributed by atoms with E-state index in [-0.39, 0.29) is 23.1 Å². The summed E-state index contributed by atoms with van der Waals surface area (Å²) in [7, 11) is 1.72. The molecule has 176 valence electrons. The second-order valence-electron chi connectivity index (χ2n) is 8.80. The number of alkyl halides is 3. The number of fused-ring (bicyclic) bond motifs is 2. The summed E-state index contributed by atoms with van der Waals surface area (Å²) in [5, 5.41) is -0.0803. The van der Waals surface area contributed by atoms with Gasteiger partial charge in [-0.15, -0.1) is 0 Å². The maximum atomic E-state index is 13.9. The van der Waals surface area contributed by atoms with Gasteiger partial charge in [-0.1, -0.05) is 0 Å². The van der Waals surface area contributed by atoms with Crippen LogP contribution in [0.25, 0.3) is 22.4 Å². The van der Waals surface area contributed by atoms with Gasteiger partial charge >= 0.3 is 6.18 Å². The lowest BCUT2D eigenvalue weighted by Crippen LogP contribution is -2.38. The number of aromatic nitrogens is 5. The lowest BCUT2D eigenvalue weighted by Gasteiger charge is -2.34. The van der Waals surface area contributed by atoms with Crippen molar-refractivity contribution in [2.75, 3.05) is 19.7 Å². The number of ether oxygens (including phenoxy) is 1. The van der Waals surface area contributed by atoms with Gasteiger partial charge in [-0.25, -0.2) is 15.0 Å². The molecule has 2 atom stereocenters. The molecule has 2 fully saturated rings.